The van der Waals surface area contributed by atoms with Gasteiger partial charge in [-0.2, -0.15) is 0 Å². The highest BCUT2D eigenvalue weighted by Gasteiger charge is 2.20. The minimum atomic E-state index is -0.458. The first-order valence-corrected chi connectivity index (χ1v) is 5.94. The molecule has 0 fully saturated rings. The summed E-state index contributed by atoms with van der Waals surface area (Å²) in [6, 6.07) is 3.60. The van der Waals surface area contributed by atoms with Gasteiger partial charge in [0.05, 0.1) is 25.8 Å². The second-order valence-electron chi connectivity index (χ2n) is 4.14. The third-order valence-electron chi connectivity index (χ3n) is 3.08. The Hall–Kier alpha value is -2.08. The number of carbonyl (C=O) groups is 1. The van der Waals surface area contributed by atoms with Gasteiger partial charge in [0, 0.05) is 12.3 Å². The molecule has 0 amide bonds. The van der Waals surface area contributed by atoms with Crippen LogP contribution in [0.5, 0.6) is 5.75 Å². The van der Waals surface area contributed by atoms with Crippen LogP contribution in [0.2, 0.25) is 0 Å². The number of imidazole rings is 1. The van der Waals surface area contributed by atoms with E-state index >= 15 is 0 Å². The molecule has 19 heavy (non-hydrogen) atoms. The summed E-state index contributed by atoms with van der Waals surface area (Å²) in [4.78, 5) is 16.2. The van der Waals surface area contributed by atoms with Crippen LogP contribution in [0.3, 0.4) is 0 Å². The van der Waals surface area contributed by atoms with Gasteiger partial charge >= 0.3 is 5.97 Å². The van der Waals surface area contributed by atoms with E-state index in [0.717, 1.165) is 5.82 Å². The van der Waals surface area contributed by atoms with Crippen molar-refractivity contribution < 1.29 is 14.3 Å². The lowest BCUT2D eigenvalue weighted by Gasteiger charge is -2.09. The minimum Gasteiger partial charge on any atom is -0.497 e. The van der Waals surface area contributed by atoms with E-state index in [1.165, 1.54) is 7.11 Å². The zero-order valence-corrected chi connectivity index (χ0v) is 11.4. The summed E-state index contributed by atoms with van der Waals surface area (Å²) in [5, 5.41) is 3.11. The zero-order valence-electron chi connectivity index (χ0n) is 11.4. The molecule has 0 aliphatic rings. The Morgan fingerprint density at radius 1 is 1.47 bits per heavy atom. The maximum atomic E-state index is 11.8. The van der Waals surface area contributed by atoms with Crippen molar-refractivity contribution in [1.82, 2.24) is 14.7 Å². The Balaban J connectivity index is 2.69. The number of pyridine rings is 1. The van der Waals surface area contributed by atoms with Gasteiger partial charge in [-0.1, -0.05) is 0 Å². The van der Waals surface area contributed by atoms with Gasteiger partial charge in [-0.05, 0) is 20.0 Å². The van der Waals surface area contributed by atoms with E-state index in [4.69, 9.17) is 9.47 Å². The van der Waals surface area contributed by atoms with Gasteiger partial charge in [0.15, 0.2) is 5.69 Å². The number of esters is 1. The third kappa shape index (κ3) is 2.26. The van der Waals surface area contributed by atoms with Gasteiger partial charge in [-0.15, -0.1) is 0 Å². The summed E-state index contributed by atoms with van der Waals surface area (Å²) < 4.78 is 11.8. The molecule has 6 nitrogen and oxygen atoms in total. The fourth-order valence-corrected chi connectivity index (χ4v) is 1.90. The van der Waals surface area contributed by atoms with Gasteiger partial charge in [-0.3, -0.25) is 0 Å². The van der Waals surface area contributed by atoms with Crippen LogP contribution in [0.4, 0.5) is 0 Å². The third-order valence-corrected chi connectivity index (χ3v) is 3.08. The normalized spacial score (nSPS) is 12.4. The molecule has 102 valence electrons. The molecule has 0 saturated carbocycles. The number of nitrogens with one attached hydrogen (secondary N) is 1. The molecule has 2 aromatic rings. The molecule has 1 unspecified atom stereocenters. The van der Waals surface area contributed by atoms with Crippen LogP contribution in [0, 0.1) is 0 Å². The van der Waals surface area contributed by atoms with Crippen molar-refractivity contribution in [3.63, 3.8) is 0 Å². The molecule has 0 spiro atoms. The highest BCUT2D eigenvalue weighted by Crippen LogP contribution is 2.23. The van der Waals surface area contributed by atoms with Crippen molar-refractivity contribution in [2.45, 2.75) is 13.0 Å². The molecular weight excluding hydrogens is 246 g/mol. The number of fused-ring (bicyclic) bond motifs is 1. The molecule has 1 N–H and O–H groups in total. The highest BCUT2D eigenvalue weighted by atomic mass is 16.5. The zero-order chi connectivity index (χ0) is 14.0. The first kappa shape index (κ1) is 13.4. The largest absolute Gasteiger partial charge is 0.497 e. The van der Waals surface area contributed by atoms with Gasteiger partial charge < -0.3 is 19.2 Å². The summed E-state index contributed by atoms with van der Waals surface area (Å²) in [6.07, 6.45) is 1.83. The molecule has 1 atom stereocenters. The Kier molecular flexibility index (Phi) is 3.71. The van der Waals surface area contributed by atoms with E-state index in [0.29, 0.717) is 17.0 Å². The van der Waals surface area contributed by atoms with Crippen molar-refractivity contribution >= 4 is 11.5 Å². The number of ether oxygens (including phenoxy) is 2. The quantitative estimate of drug-likeness (QED) is 0.845. The van der Waals surface area contributed by atoms with Crippen molar-refractivity contribution in [2.24, 2.45) is 0 Å². The van der Waals surface area contributed by atoms with Crippen molar-refractivity contribution in [2.75, 3.05) is 21.3 Å². The van der Waals surface area contributed by atoms with Crippen LogP contribution < -0.4 is 10.1 Å². The fraction of sp³-hybridized carbons (Fsp3) is 0.385. The topological polar surface area (TPSA) is 64.9 Å². The standard InChI is InChI=1S/C13H17N3O3/c1-8(14-2)12-15-11(13(17)19-4)10-7-9(18-3)5-6-16(10)12/h5-8,14H,1-4H3. The molecule has 2 heterocycles. The summed E-state index contributed by atoms with van der Waals surface area (Å²) in [5.74, 6) is 0.960. The highest BCUT2D eigenvalue weighted by molar-refractivity contribution is 5.95. The van der Waals surface area contributed by atoms with Crippen LogP contribution in [0.15, 0.2) is 18.3 Å². The maximum Gasteiger partial charge on any atom is 0.358 e. The monoisotopic (exact) mass is 263 g/mol. The van der Waals surface area contributed by atoms with E-state index in [1.807, 2.05) is 30.6 Å². The van der Waals surface area contributed by atoms with Crippen LogP contribution in [0.25, 0.3) is 5.52 Å². The van der Waals surface area contributed by atoms with Gasteiger partial charge in [0.1, 0.15) is 11.6 Å². The van der Waals surface area contributed by atoms with Gasteiger partial charge in [-0.25, -0.2) is 9.78 Å². The molecule has 2 aromatic heterocycles. The molecule has 2 rings (SSSR count). The van der Waals surface area contributed by atoms with Crippen molar-refractivity contribution in [3.8, 4) is 5.75 Å². The predicted octanol–water partition coefficient (Wildman–Crippen LogP) is 1.41. The summed E-state index contributed by atoms with van der Waals surface area (Å²) in [6.45, 7) is 1.97. The van der Waals surface area contributed by atoms with E-state index < -0.39 is 5.97 Å². The molecule has 0 bridgehead atoms. The Labute approximate surface area is 111 Å². The van der Waals surface area contributed by atoms with Crippen LogP contribution in [-0.4, -0.2) is 36.6 Å². The average Bonchev–Trinajstić information content (AvgIpc) is 2.84. The minimum absolute atomic E-state index is 0.0132. The lowest BCUT2D eigenvalue weighted by molar-refractivity contribution is 0.0596. The average molecular weight is 263 g/mol. The second kappa shape index (κ2) is 5.27. The Bertz CT molecular complexity index is 606. The van der Waals surface area contributed by atoms with Crippen molar-refractivity contribution in [3.05, 3.63) is 29.8 Å². The lowest BCUT2D eigenvalue weighted by atomic mass is 10.3. The Morgan fingerprint density at radius 3 is 2.79 bits per heavy atom. The smallest absolute Gasteiger partial charge is 0.358 e. The lowest BCUT2D eigenvalue weighted by Crippen LogP contribution is -2.15. The number of aromatic nitrogens is 2. The first-order valence-electron chi connectivity index (χ1n) is 5.94. The maximum absolute atomic E-state index is 11.8. The van der Waals surface area contributed by atoms with Gasteiger partial charge in [0.25, 0.3) is 0 Å². The molecule has 0 aliphatic heterocycles. The number of methoxy groups -OCH3 is 2. The van der Waals surface area contributed by atoms with E-state index in [1.54, 1.807) is 13.2 Å². The summed E-state index contributed by atoms with van der Waals surface area (Å²) >= 11 is 0. The van der Waals surface area contributed by atoms with Crippen molar-refractivity contribution in [1.29, 1.82) is 0 Å². The number of nitrogens with zero attached hydrogens (tertiary/aromatic N) is 2. The SMILES string of the molecule is CNC(C)c1nc(C(=O)OC)c2cc(OC)ccn12. The summed E-state index contributed by atoms with van der Waals surface area (Å²) in [5.41, 5.74) is 0.960. The second-order valence-corrected chi connectivity index (χ2v) is 4.14. The first-order chi connectivity index (χ1) is 9.12. The van der Waals surface area contributed by atoms with E-state index in [9.17, 15) is 4.79 Å². The molecule has 0 radical (unpaired) electrons. The number of rotatable bonds is 4. The van der Waals surface area contributed by atoms with Crippen LogP contribution >= 0.6 is 0 Å². The van der Waals surface area contributed by atoms with Crippen LogP contribution in [0.1, 0.15) is 29.3 Å². The predicted molar refractivity (Wildman–Crippen MR) is 70.6 cm³/mol. The molecule has 0 saturated heterocycles. The number of carbonyl (C=O) groups excluding carboxylic acids is 1. The Morgan fingerprint density at radius 2 is 2.21 bits per heavy atom. The molecule has 6 heteroatoms. The molecule has 0 aliphatic carbocycles. The molecular formula is C13H17N3O3. The summed E-state index contributed by atoms with van der Waals surface area (Å²) in [7, 11) is 4.76. The molecule has 0 aromatic carbocycles. The van der Waals surface area contributed by atoms with Crippen LogP contribution in [-0.2, 0) is 4.74 Å². The number of hydrogen-bond acceptors (Lipinski definition) is 5. The van der Waals surface area contributed by atoms with E-state index in [2.05, 4.69) is 10.3 Å². The number of hydrogen-bond donors (Lipinski definition) is 1. The van der Waals surface area contributed by atoms with E-state index in [-0.39, 0.29) is 6.04 Å². The fourth-order valence-electron chi connectivity index (χ4n) is 1.90. The van der Waals surface area contributed by atoms with Gasteiger partial charge in [0.2, 0.25) is 0 Å².